The molecule has 0 saturated heterocycles. The lowest BCUT2D eigenvalue weighted by atomic mass is 10.2. The van der Waals surface area contributed by atoms with Crippen molar-refractivity contribution in [3.63, 3.8) is 0 Å². The topological polar surface area (TPSA) is 95.7 Å². The predicted molar refractivity (Wildman–Crippen MR) is 69.7 cm³/mol. The molecule has 1 aromatic carbocycles. The minimum Gasteiger partial charge on any atom is -0.395 e. The van der Waals surface area contributed by atoms with Crippen LogP contribution >= 0.6 is 0 Å². The van der Waals surface area contributed by atoms with Gasteiger partial charge in [-0.1, -0.05) is 12.1 Å². The molecule has 1 rings (SSSR count). The van der Waals surface area contributed by atoms with Crippen molar-refractivity contribution in [3.8, 4) is 0 Å². The van der Waals surface area contributed by atoms with Gasteiger partial charge in [-0.15, -0.1) is 0 Å². The highest BCUT2D eigenvalue weighted by Crippen LogP contribution is 2.12. The molecule has 0 saturated carbocycles. The van der Waals surface area contributed by atoms with Gasteiger partial charge in [0.1, 0.15) is 0 Å². The fourth-order valence-corrected chi connectivity index (χ4v) is 1.59. The maximum Gasteiger partial charge on any atom is 0.317 e. The largest absolute Gasteiger partial charge is 0.395 e. The highest BCUT2D eigenvalue weighted by Gasteiger charge is 2.11. The minimum absolute atomic E-state index is 0.00513. The second-order valence-electron chi connectivity index (χ2n) is 3.89. The van der Waals surface area contributed by atoms with Gasteiger partial charge >= 0.3 is 6.03 Å². The van der Waals surface area contributed by atoms with E-state index in [4.69, 9.17) is 5.11 Å². The Balaban J connectivity index is 2.58. The SMILES string of the molecule is CCN(CCO)C(=O)NCc1cccc([N+](=O)[O-])c1. The summed E-state index contributed by atoms with van der Waals surface area (Å²) < 4.78 is 0. The van der Waals surface area contributed by atoms with Crippen molar-refractivity contribution in [1.82, 2.24) is 10.2 Å². The van der Waals surface area contributed by atoms with Gasteiger partial charge in [0.05, 0.1) is 11.5 Å². The number of nitro groups is 1. The molecule has 0 aromatic heterocycles. The van der Waals surface area contributed by atoms with E-state index in [9.17, 15) is 14.9 Å². The van der Waals surface area contributed by atoms with Gasteiger partial charge in [0.15, 0.2) is 0 Å². The molecule has 0 radical (unpaired) electrons. The molecule has 0 heterocycles. The van der Waals surface area contributed by atoms with E-state index >= 15 is 0 Å². The maximum absolute atomic E-state index is 11.7. The molecule has 19 heavy (non-hydrogen) atoms. The van der Waals surface area contributed by atoms with E-state index in [-0.39, 0.29) is 31.4 Å². The molecule has 0 bridgehead atoms. The lowest BCUT2D eigenvalue weighted by Crippen LogP contribution is -2.41. The third kappa shape index (κ3) is 4.55. The maximum atomic E-state index is 11.7. The quantitative estimate of drug-likeness (QED) is 0.596. The molecule has 0 spiro atoms. The van der Waals surface area contributed by atoms with Crippen LogP contribution in [0, 0.1) is 10.1 Å². The summed E-state index contributed by atoms with van der Waals surface area (Å²) in [5.41, 5.74) is 0.650. The first-order valence-corrected chi connectivity index (χ1v) is 5.95. The van der Waals surface area contributed by atoms with E-state index in [0.29, 0.717) is 12.1 Å². The van der Waals surface area contributed by atoms with Gasteiger partial charge in [0, 0.05) is 31.8 Å². The van der Waals surface area contributed by atoms with Crippen LogP contribution < -0.4 is 5.32 Å². The van der Waals surface area contributed by atoms with E-state index in [0.717, 1.165) is 0 Å². The van der Waals surface area contributed by atoms with Gasteiger partial charge in [0.2, 0.25) is 0 Å². The van der Waals surface area contributed by atoms with E-state index in [1.807, 2.05) is 6.92 Å². The van der Waals surface area contributed by atoms with Crippen molar-refractivity contribution in [3.05, 3.63) is 39.9 Å². The monoisotopic (exact) mass is 267 g/mol. The average molecular weight is 267 g/mol. The number of carbonyl (C=O) groups is 1. The molecule has 0 unspecified atom stereocenters. The number of hydrogen-bond donors (Lipinski definition) is 2. The van der Waals surface area contributed by atoms with Gasteiger partial charge in [-0.3, -0.25) is 10.1 Å². The number of likely N-dealkylation sites (N-methyl/N-ethyl adjacent to an activating group) is 1. The third-order valence-corrected chi connectivity index (χ3v) is 2.60. The van der Waals surface area contributed by atoms with Gasteiger partial charge < -0.3 is 15.3 Å². The van der Waals surface area contributed by atoms with Crippen molar-refractivity contribution < 1.29 is 14.8 Å². The summed E-state index contributed by atoms with van der Waals surface area (Å²) in [6.07, 6.45) is 0. The average Bonchev–Trinajstić information content (AvgIpc) is 2.42. The lowest BCUT2D eigenvalue weighted by molar-refractivity contribution is -0.384. The molecule has 0 aliphatic carbocycles. The number of hydrogen-bond acceptors (Lipinski definition) is 4. The molecule has 7 heteroatoms. The van der Waals surface area contributed by atoms with Crippen LogP contribution in [0.15, 0.2) is 24.3 Å². The molecule has 0 aliphatic heterocycles. The number of rotatable bonds is 6. The zero-order valence-electron chi connectivity index (χ0n) is 10.7. The zero-order chi connectivity index (χ0) is 14.3. The summed E-state index contributed by atoms with van der Waals surface area (Å²) in [6, 6.07) is 5.79. The Labute approximate surface area is 111 Å². The first-order chi connectivity index (χ1) is 9.08. The van der Waals surface area contributed by atoms with Crippen LogP contribution in [-0.2, 0) is 6.54 Å². The number of non-ortho nitro benzene ring substituents is 1. The van der Waals surface area contributed by atoms with Crippen LogP contribution in [0.25, 0.3) is 0 Å². The zero-order valence-corrected chi connectivity index (χ0v) is 10.7. The second-order valence-corrected chi connectivity index (χ2v) is 3.89. The number of benzene rings is 1. The fourth-order valence-electron chi connectivity index (χ4n) is 1.59. The number of nitrogens with zero attached hydrogens (tertiary/aromatic N) is 2. The Bertz CT molecular complexity index is 450. The van der Waals surface area contributed by atoms with E-state index < -0.39 is 4.92 Å². The normalized spacial score (nSPS) is 10.0. The van der Waals surface area contributed by atoms with Gasteiger partial charge in [-0.25, -0.2) is 4.79 Å². The Morgan fingerprint density at radius 3 is 2.84 bits per heavy atom. The van der Waals surface area contributed by atoms with Gasteiger partial charge in [-0.2, -0.15) is 0 Å². The molecule has 104 valence electrons. The highest BCUT2D eigenvalue weighted by atomic mass is 16.6. The van der Waals surface area contributed by atoms with Gasteiger partial charge in [-0.05, 0) is 12.5 Å². The number of carbonyl (C=O) groups excluding carboxylic acids is 1. The van der Waals surface area contributed by atoms with Gasteiger partial charge in [0.25, 0.3) is 5.69 Å². The summed E-state index contributed by atoms with van der Waals surface area (Å²) in [7, 11) is 0. The number of nitro benzene ring substituents is 1. The second kappa shape index (κ2) is 7.32. The number of aliphatic hydroxyl groups excluding tert-OH is 1. The van der Waals surface area contributed by atoms with Crippen LogP contribution in [0.4, 0.5) is 10.5 Å². The lowest BCUT2D eigenvalue weighted by Gasteiger charge is -2.20. The van der Waals surface area contributed by atoms with Crippen LogP contribution in [0.2, 0.25) is 0 Å². The van der Waals surface area contributed by atoms with Crippen LogP contribution in [0.1, 0.15) is 12.5 Å². The molecule has 0 atom stereocenters. The molecule has 0 aliphatic rings. The molecule has 7 nitrogen and oxygen atoms in total. The molecule has 0 fully saturated rings. The van der Waals surface area contributed by atoms with Crippen molar-refractivity contribution in [1.29, 1.82) is 0 Å². The Morgan fingerprint density at radius 2 is 2.26 bits per heavy atom. The molecule has 2 N–H and O–H groups in total. The van der Waals surface area contributed by atoms with E-state index in [1.165, 1.54) is 17.0 Å². The summed E-state index contributed by atoms with van der Waals surface area (Å²) >= 11 is 0. The Kier molecular flexibility index (Phi) is 5.74. The van der Waals surface area contributed by atoms with E-state index in [1.54, 1.807) is 12.1 Å². The first kappa shape index (κ1) is 14.9. The summed E-state index contributed by atoms with van der Waals surface area (Å²) in [4.78, 5) is 23.3. The molecular weight excluding hydrogens is 250 g/mol. The number of aliphatic hydroxyl groups is 1. The molecule has 2 amide bonds. The Hall–Kier alpha value is -2.15. The predicted octanol–water partition coefficient (Wildman–Crippen LogP) is 1.12. The van der Waals surface area contributed by atoms with Crippen molar-refractivity contribution in [2.75, 3.05) is 19.7 Å². The number of amides is 2. The van der Waals surface area contributed by atoms with Crippen LogP contribution in [0.3, 0.4) is 0 Å². The summed E-state index contributed by atoms with van der Waals surface area (Å²) in [6.45, 7) is 2.67. The minimum atomic E-state index is -0.477. The van der Waals surface area contributed by atoms with Crippen LogP contribution in [-0.4, -0.2) is 40.7 Å². The molecular formula is C12H17N3O4. The molecule has 1 aromatic rings. The summed E-state index contributed by atoms with van der Waals surface area (Å²) in [5, 5.41) is 22.1. The van der Waals surface area contributed by atoms with Crippen molar-refractivity contribution in [2.24, 2.45) is 0 Å². The number of urea groups is 1. The highest BCUT2D eigenvalue weighted by molar-refractivity contribution is 5.74. The third-order valence-electron chi connectivity index (χ3n) is 2.60. The van der Waals surface area contributed by atoms with Crippen molar-refractivity contribution in [2.45, 2.75) is 13.5 Å². The first-order valence-electron chi connectivity index (χ1n) is 5.95. The number of nitrogens with one attached hydrogen (secondary N) is 1. The smallest absolute Gasteiger partial charge is 0.317 e. The standard InChI is InChI=1S/C12H17N3O4/c1-2-14(6-7-16)12(17)13-9-10-4-3-5-11(8-10)15(18)19/h3-5,8,16H,2,6-7,9H2,1H3,(H,13,17). The van der Waals surface area contributed by atoms with Crippen LogP contribution in [0.5, 0.6) is 0 Å². The van der Waals surface area contributed by atoms with E-state index in [2.05, 4.69) is 5.32 Å². The van der Waals surface area contributed by atoms with Crippen molar-refractivity contribution >= 4 is 11.7 Å². The summed E-state index contributed by atoms with van der Waals surface area (Å²) in [5.74, 6) is 0. The fraction of sp³-hybridized carbons (Fsp3) is 0.417. The Morgan fingerprint density at radius 1 is 1.53 bits per heavy atom.